The first-order valence-electron chi connectivity index (χ1n) is 22.9. The summed E-state index contributed by atoms with van der Waals surface area (Å²) >= 11 is 1.55. The maximum Gasteiger partial charge on any atom is 0.295 e. The van der Waals surface area contributed by atoms with Crippen molar-refractivity contribution in [1.29, 1.82) is 0 Å². The summed E-state index contributed by atoms with van der Waals surface area (Å²) in [5.41, 5.74) is 15.4. The number of anilines is 1. The molecule has 0 radical (unpaired) electrons. The summed E-state index contributed by atoms with van der Waals surface area (Å²) in [7, 11) is 3.13. The highest BCUT2D eigenvalue weighted by atomic mass is 32.1. The molecule has 2 aliphatic rings. The predicted octanol–water partition coefficient (Wildman–Crippen LogP) is 5.36. The Kier molecular flexibility index (Phi) is 13.2. The lowest BCUT2D eigenvalue weighted by atomic mass is 10.1. The van der Waals surface area contributed by atoms with Crippen molar-refractivity contribution in [3.05, 3.63) is 93.9 Å². The summed E-state index contributed by atoms with van der Waals surface area (Å²) in [6.45, 7) is 6.17. The summed E-state index contributed by atoms with van der Waals surface area (Å²) in [5.74, 6) is -1.12. The molecule has 0 saturated heterocycles. The summed E-state index contributed by atoms with van der Waals surface area (Å²) < 4.78 is 21.6. The molecule has 1 aliphatic heterocycles. The number of nitrogens with zero attached hydrogens (tertiary/aromatic N) is 9. The number of allylic oxidation sites excluding steroid dienone is 2. The standard InChI is InChI=1S/C49H50N12O9S/c1-6-32-42(70-25(2)53-32)48(67)57-49-55-33-21-29(45(51)66)23-35(69-19-9-15-58(4)36(62)14-18-59-37(63)12-13-38(59)64)41(33)61(49)17-8-7-16-60-40-30(20-28(44(50)65)22-34(40)68-5)31-24-52-46(56-47(31)60)43-39(27-10-11-27)54-26(3)71-43/h7-8,12-13,20-24,27H,6,9-11,14-19H2,1-5H3,(H2,50,65)(H2,51,66)(H,55,57,67)/b8-7+. The molecule has 22 heteroatoms. The van der Waals surface area contributed by atoms with E-state index in [1.807, 2.05) is 30.6 Å². The van der Waals surface area contributed by atoms with E-state index in [2.05, 4.69) is 10.3 Å². The van der Waals surface area contributed by atoms with Crippen LogP contribution in [0, 0.1) is 13.8 Å². The van der Waals surface area contributed by atoms with Crippen LogP contribution in [0.5, 0.6) is 11.5 Å². The second-order valence-corrected chi connectivity index (χ2v) is 18.4. The zero-order valence-electron chi connectivity index (χ0n) is 39.6. The number of carbonyl (C=O) groups excluding carboxylic acids is 6. The minimum Gasteiger partial charge on any atom is -0.495 e. The maximum atomic E-state index is 13.9. The van der Waals surface area contributed by atoms with Gasteiger partial charge in [0.15, 0.2) is 11.7 Å². The zero-order chi connectivity index (χ0) is 50.2. The van der Waals surface area contributed by atoms with E-state index in [0.29, 0.717) is 74.9 Å². The summed E-state index contributed by atoms with van der Waals surface area (Å²) in [6, 6.07) is 6.32. The van der Waals surface area contributed by atoms with E-state index >= 15 is 0 Å². The van der Waals surface area contributed by atoms with E-state index < -0.39 is 29.5 Å². The van der Waals surface area contributed by atoms with Crippen LogP contribution < -0.4 is 26.3 Å². The number of primary amides is 2. The molecular formula is C49H50N12O9S. The smallest absolute Gasteiger partial charge is 0.295 e. The highest BCUT2D eigenvalue weighted by Crippen LogP contribution is 2.46. The van der Waals surface area contributed by atoms with Gasteiger partial charge in [0.2, 0.25) is 29.4 Å². The predicted molar refractivity (Wildman–Crippen MR) is 262 cm³/mol. The number of hydrogen-bond donors (Lipinski definition) is 3. The molecule has 0 bridgehead atoms. The van der Waals surface area contributed by atoms with Crippen molar-refractivity contribution in [1.82, 2.24) is 43.9 Å². The molecule has 0 atom stereocenters. The summed E-state index contributed by atoms with van der Waals surface area (Å²) in [4.78, 5) is 103. The number of oxazole rings is 1. The molecule has 21 nitrogen and oxygen atoms in total. The molecule has 1 aliphatic carbocycles. The maximum absolute atomic E-state index is 13.9. The Morgan fingerprint density at radius 1 is 0.915 bits per heavy atom. The molecule has 5 N–H and O–H groups in total. The number of carbonyl (C=O) groups is 6. The van der Waals surface area contributed by atoms with E-state index in [-0.39, 0.29) is 73.7 Å². The monoisotopic (exact) mass is 982 g/mol. The zero-order valence-corrected chi connectivity index (χ0v) is 40.4. The van der Waals surface area contributed by atoms with Gasteiger partial charge in [0, 0.05) is 92.7 Å². The number of imidazole rings is 1. The third kappa shape index (κ3) is 9.57. The number of fused-ring (bicyclic) bond motifs is 4. The first kappa shape index (κ1) is 47.8. The molecule has 9 rings (SSSR count). The van der Waals surface area contributed by atoms with E-state index in [9.17, 15) is 28.8 Å². The van der Waals surface area contributed by atoms with Crippen molar-refractivity contribution in [2.24, 2.45) is 11.5 Å². The molecule has 0 unspecified atom stereocenters. The van der Waals surface area contributed by atoms with Gasteiger partial charge in [0.1, 0.15) is 22.7 Å². The molecule has 1 fully saturated rings. The second kappa shape index (κ2) is 19.6. The summed E-state index contributed by atoms with van der Waals surface area (Å²) in [5, 5.41) is 5.16. The average Bonchev–Trinajstić information content (AvgIpc) is 3.53. The number of imide groups is 1. The fourth-order valence-electron chi connectivity index (χ4n) is 8.61. The van der Waals surface area contributed by atoms with Gasteiger partial charge in [0.05, 0.1) is 46.0 Å². The minimum atomic E-state index is -0.734. The number of benzene rings is 2. The Morgan fingerprint density at radius 2 is 1.62 bits per heavy atom. The molecule has 6 heterocycles. The normalized spacial score (nSPS) is 13.7. The van der Waals surface area contributed by atoms with Crippen molar-refractivity contribution >= 4 is 85.7 Å². The van der Waals surface area contributed by atoms with Gasteiger partial charge in [-0.05, 0) is 56.9 Å². The number of thiazole rings is 1. The van der Waals surface area contributed by atoms with Gasteiger partial charge in [-0.25, -0.2) is 24.9 Å². The number of rotatable bonds is 20. The molecule has 5 aromatic heterocycles. The van der Waals surface area contributed by atoms with Gasteiger partial charge >= 0.3 is 0 Å². The number of hydrogen-bond acceptors (Lipinski definition) is 15. The number of aryl methyl sites for hydroxylation is 3. The number of methoxy groups -OCH3 is 1. The summed E-state index contributed by atoms with van der Waals surface area (Å²) in [6.07, 6.45) is 10.7. The van der Waals surface area contributed by atoms with Crippen LogP contribution in [0.1, 0.15) is 92.1 Å². The highest BCUT2D eigenvalue weighted by molar-refractivity contribution is 7.15. The number of aromatic nitrogens is 7. The molecule has 7 aromatic rings. The van der Waals surface area contributed by atoms with Gasteiger partial charge in [0.25, 0.3) is 17.7 Å². The lowest BCUT2D eigenvalue weighted by Crippen LogP contribution is -2.36. The van der Waals surface area contributed by atoms with Crippen LogP contribution in [0.4, 0.5) is 5.95 Å². The van der Waals surface area contributed by atoms with Crippen LogP contribution in [-0.2, 0) is 33.9 Å². The Bertz CT molecular complexity index is 3380. The molecule has 6 amide bonds. The molecule has 1 saturated carbocycles. The number of amides is 6. The quantitative estimate of drug-likeness (QED) is 0.0493. The van der Waals surface area contributed by atoms with Crippen LogP contribution in [0.15, 0.2) is 59.2 Å². The van der Waals surface area contributed by atoms with Crippen LogP contribution in [0.2, 0.25) is 0 Å². The van der Waals surface area contributed by atoms with Crippen molar-refractivity contribution < 1.29 is 42.7 Å². The fraction of sp³-hybridized carbons (Fsp3) is 0.327. The number of ether oxygens (including phenoxy) is 2. The topological polar surface area (TPSA) is 279 Å². The lowest BCUT2D eigenvalue weighted by molar-refractivity contribution is -0.138. The van der Waals surface area contributed by atoms with Crippen LogP contribution in [-0.4, -0.2) is 113 Å². The van der Waals surface area contributed by atoms with E-state index in [1.54, 1.807) is 48.2 Å². The van der Waals surface area contributed by atoms with Crippen molar-refractivity contribution in [3.63, 3.8) is 0 Å². The third-order valence-electron chi connectivity index (χ3n) is 12.3. The molecule has 71 heavy (non-hydrogen) atoms. The van der Waals surface area contributed by atoms with Gasteiger partial charge in [-0.1, -0.05) is 19.1 Å². The Labute approximate surface area is 409 Å². The number of nitrogens with one attached hydrogen (secondary N) is 1. The van der Waals surface area contributed by atoms with Crippen LogP contribution in [0.3, 0.4) is 0 Å². The third-order valence-corrected chi connectivity index (χ3v) is 13.2. The Hall–Kier alpha value is -8.27. The van der Waals surface area contributed by atoms with Crippen molar-refractivity contribution in [2.45, 2.75) is 71.9 Å². The van der Waals surface area contributed by atoms with E-state index in [0.717, 1.165) is 33.3 Å². The lowest BCUT2D eigenvalue weighted by Gasteiger charge is -2.19. The van der Waals surface area contributed by atoms with Gasteiger partial charge in [-0.3, -0.25) is 39.0 Å². The number of nitrogens with two attached hydrogens (primary N) is 2. The van der Waals surface area contributed by atoms with E-state index in [4.69, 9.17) is 45.3 Å². The van der Waals surface area contributed by atoms with Gasteiger partial charge in [-0.2, -0.15) is 0 Å². The molecule has 366 valence electrons. The molecule has 2 aromatic carbocycles. The SMILES string of the molecule is CCc1nc(C)oc1C(=O)Nc1nc2cc(C(N)=O)cc(OCCCN(C)C(=O)CCN3C(=O)C=CC3=O)c2n1C/C=C/Cn1c2nc(-c3sc(C)nc3C3CC3)ncc2c2cc(C(N)=O)cc(OC)c21. The molecule has 0 spiro atoms. The first-order valence-corrected chi connectivity index (χ1v) is 23.8. The highest BCUT2D eigenvalue weighted by Gasteiger charge is 2.32. The average molecular weight is 983 g/mol. The van der Waals surface area contributed by atoms with E-state index in [1.165, 1.54) is 36.3 Å². The first-order chi connectivity index (χ1) is 34.1. The van der Waals surface area contributed by atoms with Crippen molar-refractivity contribution in [2.75, 3.05) is 39.2 Å². The van der Waals surface area contributed by atoms with Crippen molar-refractivity contribution in [3.8, 4) is 22.2 Å². The Balaban J connectivity index is 1.05. The van der Waals surface area contributed by atoms with Crippen LogP contribution in [0.25, 0.3) is 43.7 Å². The van der Waals surface area contributed by atoms with Gasteiger partial charge < -0.3 is 39.4 Å². The minimum absolute atomic E-state index is 0.0290. The van der Waals surface area contributed by atoms with Gasteiger partial charge in [-0.15, -0.1) is 11.3 Å². The van der Waals surface area contributed by atoms with Crippen LogP contribution >= 0.6 is 11.3 Å². The second-order valence-electron chi connectivity index (χ2n) is 17.2. The fourth-order valence-corrected chi connectivity index (χ4v) is 9.55. The largest absolute Gasteiger partial charge is 0.495 e. The Morgan fingerprint density at radius 3 is 2.31 bits per heavy atom. The molecular weight excluding hydrogens is 933 g/mol.